The molecule has 2 nitrogen and oxygen atoms in total. The molecule has 4 heteroatoms. The molecule has 0 bridgehead atoms. The fourth-order valence-corrected chi connectivity index (χ4v) is 4.06. The normalized spacial score (nSPS) is 22.5. The number of hydrogen-bond donors (Lipinski definition) is 1. The van der Waals surface area contributed by atoms with Crippen molar-refractivity contribution >= 4 is 33.6 Å². The van der Waals surface area contributed by atoms with Crippen molar-refractivity contribution in [2.24, 2.45) is 0 Å². The highest BCUT2D eigenvalue weighted by molar-refractivity contribution is 9.10. The van der Waals surface area contributed by atoms with Crippen LogP contribution < -0.4 is 5.32 Å². The average molecular weight is 342 g/mol. The predicted octanol–water partition coefficient (Wildman–Crippen LogP) is 4.16. The zero-order chi connectivity index (χ0) is 13.8. The van der Waals surface area contributed by atoms with E-state index in [4.69, 9.17) is 0 Å². The maximum Gasteiger partial charge on any atom is 0.251 e. The summed E-state index contributed by atoms with van der Waals surface area (Å²) in [5.74, 6) is 1.22. The Kier molecular flexibility index (Phi) is 5.34. The Labute approximate surface area is 127 Å². The van der Waals surface area contributed by atoms with E-state index in [-0.39, 0.29) is 5.91 Å². The lowest BCUT2D eigenvalue weighted by atomic mass is 10.1. The van der Waals surface area contributed by atoms with Gasteiger partial charge in [0.1, 0.15) is 0 Å². The van der Waals surface area contributed by atoms with Crippen molar-refractivity contribution in [1.29, 1.82) is 0 Å². The first-order valence-corrected chi connectivity index (χ1v) is 8.63. The van der Waals surface area contributed by atoms with E-state index in [1.807, 2.05) is 36.9 Å². The SMILES string of the molecule is CCSC1CCC(NC(=O)c2cc(Br)ccc2C)C1. The number of nitrogens with one attached hydrogen (secondary N) is 1. The van der Waals surface area contributed by atoms with Crippen LogP contribution in [0.25, 0.3) is 0 Å². The van der Waals surface area contributed by atoms with Crippen LogP contribution in [0.2, 0.25) is 0 Å². The number of hydrogen-bond acceptors (Lipinski definition) is 2. The highest BCUT2D eigenvalue weighted by Crippen LogP contribution is 2.30. The second-order valence-corrected chi connectivity index (χ2v) is 7.51. The summed E-state index contributed by atoms with van der Waals surface area (Å²) in [6, 6.07) is 6.19. The summed E-state index contributed by atoms with van der Waals surface area (Å²) in [4.78, 5) is 12.3. The first kappa shape index (κ1) is 14.9. The monoisotopic (exact) mass is 341 g/mol. The van der Waals surface area contributed by atoms with Gasteiger partial charge < -0.3 is 5.32 Å². The second kappa shape index (κ2) is 6.80. The lowest BCUT2D eigenvalue weighted by Crippen LogP contribution is -2.33. The van der Waals surface area contributed by atoms with Crippen LogP contribution in [0.1, 0.15) is 42.1 Å². The minimum atomic E-state index is 0.0611. The van der Waals surface area contributed by atoms with Crippen molar-refractivity contribution in [2.75, 3.05) is 5.75 Å². The maximum atomic E-state index is 12.3. The topological polar surface area (TPSA) is 29.1 Å². The van der Waals surface area contributed by atoms with Gasteiger partial charge in [-0.05, 0) is 49.6 Å². The molecule has 2 rings (SSSR count). The Morgan fingerprint density at radius 3 is 3.00 bits per heavy atom. The molecule has 2 unspecified atom stereocenters. The van der Waals surface area contributed by atoms with E-state index in [0.29, 0.717) is 6.04 Å². The van der Waals surface area contributed by atoms with Crippen molar-refractivity contribution in [3.05, 3.63) is 33.8 Å². The first-order valence-electron chi connectivity index (χ1n) is 6.78. The van der Waals surface area contributed by atoms with E-state index in [9.17, 15) is 4.79 Å². The van der Waals surface area contributed by atoms with Gasteiger partial charge in [-0.25, -0.2) is 0 Å². The minimum Gasteiger partial charge on any atom is -0.349 e. The lowest BCUT2D eigenvalue weighted by molar-refractivity contribution is 0.0937. The van der Waals surface area contributed by atoms with Crippen LogP contribution in [0.4, 0.5) is 0 Å². The van der Waals surface area contributed by atoms with Gasteiger partial charge in [0.25, 0.3) is 5.91 Å². The number of thioether (sulfide) groups is 1. The second-order valence-electron chi connectivity index (χ2n) is 5.02. The van der Waals surface area contributed by atoms with Crippen molar-refractivity contribution in [2.45, 2.75) is 44.4 Å². The molecular weight excluding hydrogens is 322 g/mol. The third-order valence-electron chi connectivity index (χ3n) is 3.57. The summed E-state index contributed by atoms with van der Waals surface area (Å²) in [5.41, 5.74) is 1.80. The predicted molar refractivity (Wildman–Crippen MR) is 85.9 cm³/mol. The first-order chi connectivity index (χ1) is 9.10. The van der Waals surface area contributed by atoms with Crippen molar-refractivity contribution in [3.8, 4) is 0 Å². The van der Waals surface area contributed by atoms with Crippen LogP contribution in [0, 0.1) is 6.92 Å². The Bertz CT molecular complexity index is 463. The Morgan fingerprint density at radius 1 is 1.47 bits per heavy atom. The fourth-order valence-electron chi connectivity index (χ4n) is 2.56. The van der Waals surface area contributed by atoms with Gasteiger partial charge in [0, 0.05) is 21.3 Å². The number of carbonyl (C=O) groups is 1. The number of benzene rings is 1. The molecule has 0 saturated heterocycles. The van der Waals surface area contributed by atoms with Crippen LogP contribution in [-0.4, -0.2) is 23.0 Å². The van der Waals surface area contributed by atoms with Crippen molar-refractivity contribution in [1.82, 2.24) is 5.32 Å². The molecule has 0 aliphatic heterocycles. The molecule has 1 fully saturated rings. The quantitative estimate of drug-likeness (QED) is 0.890. The number of amides is 1. The van der Waals surface area contributed by atoms with Gasteiger partial charge >= 0.3 is 0 Å². The molecule has 0 spiro atoms. The van der Waals surface area contributed by atoms with Crippen LogP contribution in [0.5, 0.6) is 0 Å². The van der Waals surface area contributed by atoms with Gasteiger partial charge in [0.2, 0.25) is 0 Å². The van der Waals surface area contributed by atoms with Crippen molar-refractivity contribution < 1.29 is 4.79 Å². The fraction of sp³-hybridized carbons (Fsp3) is 0.533. The molecule has 1 aromatic carbocycles. The minimum absolute atomic E-state index is 0.0611. The van der Waals surface area contributed by atoms with Crippen molar-refractivity contribution in [3.63, 3.8) is 0 Å². The molecule has 1 aromatic rings. The smallest absolute Gasteiger partial charge is 0.251 e. The van der Waals surface area contributed by atoms with Crippen LogP contribution in [0.15, 0.2) is 22.7 Å². The van der Waals surface area contributed by atoms with E-state index in [1.165, 1.54) is 6.42 Å². The van der Waals surface area contributed by atoms with E-state index >= 15 is 0 Å². The molecule has 0 heterocycles. The van der Waals surface area contributed by atoms with Gasteiger partial charge in [0.15, 0.2) is 0 Å². The molecule has 0 aromatic heterocycles. The van der Waals surface area contributed by atoms with Crippen LogP contribution in [-0.2, 0) is 0 Å². The lowest BCUT2D eigenvalue weighted by Gasteiger charge is -2.14. The van der Waals surface area contributed by atoms with Gasteiger partial charge in [0.05, 0.1) is 0 Å². The summed E-state index contributed by atoms with van der Waals surface area (Å²) in [6.07, 6.45) is 3.44. The summed E-state index contributed by atoms with van der Waals surface area (Å²) >= 11 is 5.44. The average Bonchev–Trinajstić information content (AvgIpc) is 2.80. The third-order valence-corrected chi connectivity index (χ3v) is 5.29. The molecule has 1 saturated carbocycles. The molecular formula is C15H20BrNOS. The summed E-state index contributed by atoms with van der Waals surface area (Å²) < 4.78 is 0.953. The third kappa shape index (κ3) is 3.99. The number of aryl methyl sites for hydroxylation is 1. The maximum absolute atomic E-state index is 12.3. The molecule has 19 heavy (non-hydrogen) atoms. The van der Waals surface area contributed by atoms with E-state index < -0.39 is 0 Å². The van der Waals surface area contributed by atoms with Gasteiger partial charge in [-0.1, -0.05) is 28.9 Å². The Balaban J connectivity index is 1.96. The standard InChI is InChI=1S/C15H20BrNOS/c1-3-19-13-7-6-12(9-13)17-15(18)14-8-11(16)5-4-10(14)2/h4-5,8,12-13H,3,6-7,9H2,1-2H3,(H,17,18). The molecule has 2 atom stereocenters. The zero-order valence-corrected chi connectivity index (χ0v) is 13.8. The highest BCUT2D eigenvalue weighted by atomic mass is 79.9. The Morgan fingerprint density at radius 2 is 2.26 bits per heavy atom. The number of halogens is 1. The van der Waals surface area contributed by atoms with E-state index in [1.54, 1.807) is 0 Å². The van der Waals surface area contributed by atoms with Gasteiger partial charge in [-0.3, -0.25) is 4.79 Å². The summed E-state index contributed by atoms with van der Waals surface area (Å²) in [5, 5.41) is 3.90. The Hall–Kier alpha value is -0.480. The molecule has 0 radical (unpaired) electrons. The summed E-state index contributed by atoms with van der Waals surface area (Å²) in [6.45, 7) is 4.17. The molecule has 1 N–H and O–H groups in total. The molecule has 104 valence electrons. The number of carbonyl (C=O) groups excluding carboxylic acids is 1. The largest absolute Gasteiger partial charge is 0.349 e. The van der Waals surface area contributed by atoms with Gasteiger partial charge in [-0.15, -0.1) is 0 Å². The highest BCUT2D eigenvalue weighted by Gasteiger charge is 2.26. The van der Waals surface area contributed by atoms with Gasteiger partial charge in [-0.2, -0.15) is 11.8 Å². The molecule has 1 aliphatic carbocycles. The zero-order valence-electron chi connectivity index (χ0n) is 11.4. The number of rotatable bonds is 4. The van der Waals surface area contributed by atoms with E-state index in [0.717, 1.165) is 39.4 Å². The summed E-state index contributed by atoms with van der Waals surface area (Å²) in [7, 11) is 0. The van der Waals surface area contributed by atoms with Crippen LogP contribution in [0.3, 0.4) is 0 Å². The van der Waals surface area contributed by atoms with Crippen LogP contribution >= 0.6 is 27.7 Å². The van der Waals surface area contributed by atoms with E-state index in [2.05, 4.69) is 28.2 Å². The molecule has 1 amide bonds. The molecule has 1 aliphatic rings.